The van der Waals surface area contributed by atoms with E-state index >= 15 is 0 Å². The summed E-state index contributed by atoms with van der Waals surface area (Å²) >= 11 is 0. The summed E-state index contributed by atoms with van der Waals surface area (Å²) in [5, 5.41) is 9.36. The Morgan fingerprint density at radius 3 is 2.74 bits per heavy atom. The molecule has 4 N–H and O–H groups in total. The van der Waals surface area contributed by atoms with Gasteiger partial charge < -0.3 is 11.1 Å². The van der Waals surface area contributed by atoms with Crippen molar-refractivity contribution in [1.29, 1.82) is 0 Å². The first-order chi connectivity index (χ1) is 9.19. The predicted octanol–water partition coefficient (Wildman–Crippen LogP) is 0.922. The number of anilines is 1. The fraction of sp³-hybridized carbons (Fsp3) is 0.308. The molecule has 100 valence electrons. The Kier molecular flexibility index (Phi) is 4.12. The molecule has 0 unspecified atom stereocenters. The van der Waals surface area contributed by atoms with Gasteiger partial charge in [0.1, 0.15) is 5.82 Å². The molecule has 2 rings (SSSR count). The Bertz CT molecular complexity index is 546. The summed E-state index contributed by atoms with van der Waals surface area (Å²) in [7, 11) is 0. The molecule has 0 fully saturated rings. The number of aromatic nitrogens is 3. The second-order valence-electron chi connectivity index (χ2n) is 4.21. The average molecular weight is 259 g/mol. The Morgan fingerprint density at radius 1 is 1.37 bits per heavy atom. The van der Waals surface area contributed by atoms with E-state index in [1.807, 2.05) is 31.2 Å². The lowest BCUT2D eigenvalue weighted by Gasteiger charge is -2.03. The molecule has 2 aromatic rings. The van der Waals surface area contributed by atoms with E-state index in [1.54, 1.807) is 0 Å². The minimum absolute atomic E-state index is 0.189. The molecule has 0 bridgehead atoms. The summed E-state index contributed by atoms with van der Waals surface area (Å²) in [4.78, 5) is 15.8. The number of aryl methyl sites for hydroxylation is 1. The predicted molar refractivity (Wildman–Crippen MR) is 72.7 cm³/mol. The van der Waals surface area contributed by atoms with Gasteiger partial charge in [-0.2, -0.15) is 0 Å². The average Bonchev–Trinajstić information content (AvgIpc) is 2.90. The van der Waals surface area contributed by atoms with Gasteiger partial charge in [0.25, 0.3) is 5.91 Å². The van der Waals surface area contributed by atoms with Crippen LogP contribution in [0.4, 0.5) is 5.69 Å². The lowest BCUT2D eigenvalue weighted by Crippen LogP contribution is -2.26. The third-order valence-electron chi connectivity index (χ3n) is 2.75. The van der Waals surface area contributed by atoms with Gasteiger partial charge in [0, 0.05) is 18.7 Å². The number of hydrogen-bond acceptors (Lipinski definition) is 4. The van der Waals surface area contributed by atoms with Crippen LogP contribution in [0.25, 0.3) is 0 Å². The van der Waals surface area contributed by atoms with Crippen molar-refractivity contribution in [2.45, 2.75) is 19.8 Å². The summed E-state index contributed by atoms with van der Waals surface area (Å²) < 4.78 is 0. The normalized spacial score (nSPS) is 10.4. The van der Waals surface area contributed by atoms with Gasteiger partial charge in [-0.25, -0.2) is 4.98 Å². The van der Waals surface area contributed by atoms with E-state index < -0.39 is 0 Å². The van der Waals surface area contributed by atoms with Crippen LogP contribution in [-0.4, -0.2) is 27.6 Å². The molecule has 1 amide bonds. The maximum Gasteiger partial charge on any atom is 0.290 e. The van der Waals surface area contributed by atoms with Gasteiger partial charge in [0.2, 0.25) is 5.82 Å². The van der Waals surface area contributed by atoms with E-state index in [4.69, 9.17) is 5.73 Å². The van der Waals surface area contributed by atoms with Crippen molar-refractivity contribution >= 4 is 11.6 Å². The van der Waals surface area contributed by atoms with Gasteiger partial charge in [-0.05, 0) is 24.1 Å². The molecule has 1 aromatic carbocycles. The molecule has 19 heavy (non-hydrogen) atoms. The van der Waals surface area contributed by atoms with E-state index in [9.17, 15) is 4.79 Å². The second-order valence-corrected chi connectivity index (χ2v) is 4.21. The molecule has 0 atom stereocenters. The van der Waals surface area contributed by atoms with Gasteiger partial charge in [-0.1, -0.05) is 19.1 Å². The van der Waals surface area contributed by atoms with Crippen molar-refractivity contribution in [3.05, 3.63) is 41.5 Å². The van der Waals surface area contributed by atoms with Crippen molar-refractivity contribution < 1.29 is 4.79 Å². The summed E-state index contributed by atoms with van der Waals surface area (Å²) in [6.45, 7) is 2.49. The summed E-state index contributed by atoms with van der Waals surface area (Å²) in [5.41, 5.74) is 7.47. The van der Waals surface area contributed by atoms with Crippen molar-refractivity contribution in [3.63, 3.8) is 0 Å². The highest BCUT2D eigenvalue weighted by Crippen LogP contribution is 2.05. The minimum Gasteiger partial charge on any atom is -0.399 e. The summed E-state index contributed by atoms with van der Waals surface area (Å²) in [6, 6.07) is 7.59. The first-order valence-corrected chi connectivity index (χ1v) is 6.23. The Morgan fingerprint density at radius 2 is 2.11 bits per heavy atom. The monoisotopic (exact) mass is 259 g/mol. The van der Waals surface area contributed by atoms with Crippen LogP contribution in [0, 0.1) is 0 Å². The van der Waals surface area contributed by atoms with Gasteiger partial charge in [-0.3, -0.25) is 9.89 Å². The molecule has 0 radical (unpaired) electrons. The highest BCUT2D eigenvalue weighted by molar-refractivity contribution is 5.90. The second kappa shape index (κ2) is 5.99. The molecule has 6 heteroatoms. The number of nitrogens with one attached hydrogen (secondary N) is 2. The van der Waals surface area contributed by atoms with Crippen LogP contribution < -0.4 is 11.1 Å². The van der Waals surface area contributed by atoms with Crippen LogP contribution in [0.15, 0.2) is 24.3 Å². The Hall–Kier alpha value is -2.37. The van der Waals surface area contributed by atoms with Crippen molar-refractivity contribution in [1.82, 2.24) is 20.5 Å². The number of carbonyl (C=O) groups excluding carboxylic acids is 1. The number of amides is 1. The van der Waals surface area contributed by atoms with Crippen molar-refractivity contribution in [2.24, 2.45) is 0 Å². The quantitative estimate of drug-likeness (QED) is 0.696. The molecule has 0 aliphatic carbocycles. The van der Waals surface area contributed by atoms with Crippen LogP contribution in [0.2, 0.25) is 0 Å². The zero-order valence-corrected chi connectivity index (χ0v) is 10.8. The van der Waals surface area contributed by atoms with Crippen LogP contribution in [-0.2, 0) is 12.8 Å². The lowest BCUT2D eigenvalue weighted by molar-refractivity contribution is 0.0944. The summed E-state index contributed by atoms with van der Waals surface area (Å²) in [6.07, 6.45) is 1.47. The molecular weight excluding hydrogens is 242 g/mol. The van der Waals surface area contributed by atoms with E-state index in [0.29, 0.717) is 12.4 Å². The van der Waals surface area contributed by atoms with Gasteiger partial charge in [0.05, 0.1) is 0 Å². The van der Waals surface area contributed by atoms with E-state index in [1.165, 1.54) is 0 Å². The maximum atomic E-state index is 11.7. The molecule has 0 saturated carbocycles. The Balaban J connectivity index is 1.82. The Labute approximate surface area is 111 Å². The number of H-pyrrole nitrogens is 1. The summed E-state index contributed by atoms with van der Waals surface area (Å²) in [5.74, 6) is 0.643. The topological polar surface area (TPSA) is 96.7 Å². The van der Waals surface area contributed by atoms with E-state index in [0.717, 1.165) is 24.1 Å². The zero-order valence-electron chi connectivity index (χ0n) is 10.8. The maximum absolute atomic E-state index is 11.7. The lowest BCUT2D eigenvalue weighted by atomic mass is 10.1. The largest absolute Gasteiger partial charge is 0.399 e. The standard InChI is InChI=1S/C13H17N5O/c1-2-11-16-12(18-17-11)13(19)15-8-7-9-3-5-10(14)6-4-9/h3-6H,2,7-8,14H2,1H3,(H,15,19)(H,16,17,18). The molecule has 6 nitrogen and oxygen atoms in total. The van der Waals surface area contributed by atoms with Crippen molar-refractivity contribution in [3.8, 4) is 0 Å². The molecule has 1 aromatic heterocycles. The third-order valence-corrected chi connectivity index (χ3v) is 2.75. The van der Waals surface area contributed by atoms with Crippen LogP contribution >= 0.6 is 0 Å². The van der Waals surface area contributed by atoms with Crippen LogP contribution in [0.1, 0.15) is 28.9 Å². The number of carbonyl (C=O) groups is 1. The molecular formula is C13H17N5O. The first kappa shape index (κ1) is 13.1. The smallest absolute Gasteiger partial charge is 0.290 e. The number of hydrogen-bond donors (Lipinski definition) is 3. The number of nitrogens with two attached hydrogens (primary N) is 1. The number of rotatable bonds is 5. The number of nitrogen functional groups attached to an aromatic ring is 1. The molecule has 0 saturated heterocycles. The van der Waals surface area contributed by atoms with E-state index in [-0.39, 0.29) is 11.7 Å². The molecule has 0 aliphatic heterocycles. The fourth-order valence-corrected chi connectivity index (χ4v) is 1.64. The van der Waals surface area contributed by atoms with Crippen LogP contribution in [0.5, 0.6) is 0 Å². The SMILES string of the molecule is CCc1nc(C(=O)NCCc2ccc(N)cc2)n[nH]1. The first-order valence-electron chi connectivity index (χ1n) is 6.23. The highest BCUT2D eigenvalue weighted by Gasteiger charge is 2.10. The number of nitrogens with zero attached hydrogens (tertiary/aromatic N) is 2. The zero-order chi connectivity index (χ0) is 13.7. The third kappa shape index (κ3) is 3.54. The minimum atomic E-state index is -0.258. The van der Waals surface area contributed by atoms with Gasteiger partial charge >= 0.3 is 0 Å². The fourth-order valence-electron chi connectivity index (χ4n) is 1.64. The van der Waals surface area contributed by atoms with Gasteiger partial charge in [0.15, 0.2) is 0 Å². The number of aromatic amines is 1. The van der Waals surface area contributed by atoms with E-state index in [2.05, 4.69) is 20.5 Å². The molecule has 0 spiro atoms. The molecule has 0 aliphatic rings. The van der Waals surface area contributed by atoms with Crippen molar-refractivity contribution in [2.75, 3.05) is 12.3 Å². The van der Waals surface area contributed by atoms with Gasteiger partial charge in [-0.15, -0.1) is 5.10 Å². The highest BCUT2D eigenvalue weighted by atomic mass is 16.2. The molecule has 1 heterocycles. The van der Waals surface area contributed by atoms with Crippen LogP contribution in [0.3, 0.4) is 0 Å². The number of benzene rings is 1.